The molecule has 0 bridgehead atoms. The lowest BCUT2D eigenvalue weighted by Gasteiger charge is -2.21. The Labute approximate surface area is 141 Å². The molecule has 0 unspecified atom stereocenters. The van der Waals surface area contributed by atoms with Crippen molar-refractivity contribution < 1.29 is 13.7 Å². The Morgan fingerprint density at radius 2 is 2.38 bits per heavy atom. The van der Waals surface area contributed by atoms with Crippen molar-refractivity contribution in [3.05, 3.63) is 35.9 Å². The molecule has 1 fully saturated rings. The van der Waals surface area contributed by atoms with Crippen LogP contribution in [0, 0.1) is 5.92 Å². The van der Waals surface area contributed by atoms with Gasteiger partial charge < -0.3 is 14.3 Å². The molecule has 130 valence electrons. The highest BCUT2D eigenvalue weighted by Crippen LogP contribution is 2.20. The van der Waals surface area contributed by atoms with Gasteiger partial charge in [-0.05, 0) is 37.4 Å². The second-order valence-electron chi connectivity index (χ2n) is 6.63. The van der Waals surface area contributed by atoms with Crippen LogP contribution in [0.1, 0.15) is 44.2 Å². The molecule has 0 radical (unpaired) electrons. The largest absolute Gasteiger partial charge is 0.467 e. The van der Waals surface area contributed by atoms with E-state index in [1.54, 1.807) is 6.26 Å². The zero-order valence-corrected chi connectivity index (χ0v) is 14.2. The van der Waals surface area contributed by atoms with Crippen molar-refractivity contribution in [3.63, 3.8) is 0 Å². The second kappa shape index (κ2) is 7.61. The van der Waals surface area contributed by atoms with Crippen LogP contribution in [0.25, 0.3) is 0 Å². The lowest BCUT2D eigenvalue weighted by Crippen LogP contribution is -2.42. The lowest BCUT2D eigenvalue weighted by atomic mass is 10.1. The third-order valence-corrected chi connectivity index (χ3v) is 4.12. The zero-order chi connectivity index (χ0) is 16.9. The highest BCUT2D eigenvalue weighted by atomic mass is 16.5. The van der Waals surface area contributed by atoms with Crippen LogP contribution in [-0.4, -0.2) is 33.5 Å². The molecule has 1 aliphatic heterocycles. The first-order chi connectivity index (χ1) is 11.6. The number of aromatic nitrogens is 2. The van der Waals surface area contributed by atoms with E-state index >= 15 is 0 Å². The number of likely N-dealkylation sites (tertiary alicyclic amines) is 1. The minimum absolute atomic E-state index is 0.0193. The number of carbonyl (C=O) groups excluding carboxylic acids is 1. The first-order valence-electron chi connectivity index (χ1n) is 8.47. The van der Waals surface area contributed by atoms with Gasteiger partial charge in [0.1, 0.15) is 5.76 Å². The Morgan fingerprint density at radius 3 is 3.12 bits per heavy atom. The molecule has 7 nitrogen and oxygen atoms in total. The fraction of sp³-hybridized carbons (Fsp3) is 0.588. The number of nitrogens with zero attached hydrogens (tertiary/aromatic N) is 3. The van der Waals surface area contributed by atoms with Crippen LogP contribution in [0.3, 0.4) is 0 Å². The highest BCUT2D eigenvalue weighted by Gasteiger charge is 2.31. The smallest absolute Gasteiger partial charge is 0.240 e. The quantitative estimate of drug-likeness (QED) is 0.836. The number of nitrogens with one attached hydrogen (secondary N) is 1. The third kappa shape index (κ3) is 4.23. The molecule has 0 aliphatic carbocycles. The topological polar surface area (TPSA) is 84.4 Å². The van der Waals surface area contributed by atoms with Crippen molar-refractivity contribution in [2.75, 3.05) is 6.54 Å². The Morgan fingerprint density at radius 1 is 1.50 bits per heavy atom. The molecular formula is C17H24N4O3. The summed E-state index contributed by atoms with van der Waals surface area (Å²) in [6, 6.07) is 3.51. The predicted molar refractivity (Wildman–Crippen MR) is 86.8 cm³/mol. The molecule has 0 saturated carbocycles. The molecule has 1 N–H and O–H groups in total. The van der Waals surface area contributed by atoms with Crippen molar-refractivity contribution in [1.82, 2.24) is 20.4 Å². The second-order valence-corrected chi connectivity index (χ2v) is 6.63. The molecule has 1 atom stereocenters. The maximum Gasteiger partial charge on any atom is 0.240 e. The maximum absolute atomic E-state index is 12.4. The van der Waals surface area contributed by atoms with E-state index in [9.17, 15) is 4.79 Å². The maximum atomic E-state index is 12.4. The fourth-order valence-electron chi connectivity index (χ4n) is 2.99. The van der Waals surface area contributed by atoms with Gasteiger partial charge in [-0.3, -0.25) is 9.69 Å². The molecular weight excluding hydrogens is 308 g/mol. The summed E-state index contributed by atoms with van der Waals surface area (Å²) in [6.07, 6.45) is 4.24. The average Bonchev–Trinajstić information content (AvgIpc) is 3.26. The van der Waals surface area contributed by atoms with Crippen LogP contribution in [-0.2, 0) is 24.3 Å². The zero-order valence-electron chi connectivity index (χ0n) is 14.2. The van der Waals surface area contributed by atoms with Crippen molar-refractivity contribution in [2.45, 2.75) is 52.2 Å². The van der Waals surface area contributed by atoms with Gasteiger partial charge in [0.15, 0.2) is 5.82 Å². The number of hydrogen-bond acceptors (Lipinski definition) is 6. The molecule has 7 heteroatoms. The Kier molecular flexibility index (Phi) is 5.30. The monoisotopic (exact) mass is 332 g/mol. The summed E-state index contributed by atoms with van der Waals surface area (Å²) >= 11 is 0. The van der Waals surface area contributed by atoms with E-state index in [0.29, 0.717) is 24.9 Å². The van der Waals surface area contributed by atoms with Gasteiger partial charge in [-0.2, -0.15) is 4.98 Å². The van der Waals surface area contributed by atoms with Gasteiger partial charge in [0.05, 0.1) is 25.4 Å². The first kappa shape index (κ1) is 16.7. The van der Waals surface area contributed by atoms with E-state index in [-0.39, 0.29) is 11.9 Å². The van der Waals surface area contributed by atoms with Gasteiger partial charge >= 0.3 is 0 Å². The molecule has 0 aromatic carbocycles. The molecule has 1 saturated heterocycles. The molecule has 2 aromatic heterocycles. The van der Waals surface area contributed by atoms with Gasteiger partial charge in [0, 0.05) is 6.42 Å². The van der Waals surface area contributed by atoms with Gasteiger partial charge in [0.2, 0.25) is 11.8 Å². The third-order valence-electron chi connectivity index (χ3n) is 4.12. The van der Waals surface area contributed by atoms with Crippen LogP contribution in [0.2, 0.25) is 0 Å². The van der Waals surface area contributed by atoms with E-state index in [0.717, 1.165) is 37.4 Å². The van der Waals surface area contributed by atoms with Crippen molar-refractivity contribution in [1.29, 1.82) is 0 Å². The molecule has 24 heavy (non-hydrogen) atoms. The Hall–Kier alpha value is -2.15. The van der Waals surface area contributed by atoms with E-state index in [1.807, 2.05) is 12.1 Å². The molecule has 3 heterocycles. The summed E-state index contributed by atoms with van der Waals surface area (Å²) in [6.45, 7) is 6.03. The molecule has 3 rings (SSSR count). The summed E-state index contributed by atoms with van der Waals surface area (Å²) in [4.78, 5) is 19.0. The van der Waals surface area contributed by atoms with E-state index < -0.39 is 0 Å². The van der Waals surface area contributed by atoms with Gasteiger partial charge in [-0.25, -0.2) is 0 Å². The van der Waals surface area contributed by atoms with Gasteiger partial charge in [-0.1, -0.05) is 19.0 Å². The SMILES string of the molecule is CC(C)Cc1noc(CN2CCC[C@H]2C(=O)NCc2ccco2)n1. The summed E-state index contributed by atoms with van der Waals surface area (Å²) in [5, 5.41) is 6.95. The minimum atomic E-state index is -0.152. The number of carbonyl (C=O) groups is 1. The first-order valence-corrected chi connectivity index (χ1v) is 8.47. The van der Waals surface area contributed by atoms with Crippen LogP contribution >= 0.6 is 0 Å². The average molecular weight is 332 g/mol. The van der Waals surface area contributed by atoms with Crippen LogP contribution in [0.15, 0.2) is 27.3 Å². The van der Waals surface area contributed by atoms with Crippen LogP contribution in [0.5, 0.6) is 0 Å². The molecule has 2 aromatic rings. The van der Waals surface area contributed by atoms with E-state index in [1.165, 1.54) is 0 Å². The molecule has 0 spiro atoms. The number of amides is 1. The van der Waals surface area contributed by atoms with Crippen molar-refractivity contribution in [3.8, 4) is 0 Å². The fourth-order valence-corrected chi connectivity index (χ4v) is 2.99. The number of hydrogen-bond donors (Lipinski definition) is 1. The number of furan rings is 1. The van der Waals surface area contributed by atoms with Crippen LogP contribution in [0.4, 0.5) is 0 Å². The van der Waals surface area contributed by atoms with Crippen molar-refractivity contribution in [2.24, 2.45) is 5.92 Å². The lowest BCUT2D eigenvalue weighted by molar-refractivity contribution is -0.126. The summed E-state index contributed by atoms with van der Waals surface area (Å²) in [5.74, 6) is 2.57. The van der Waals surface area contributed by atoms with E-state index in [4.69, 9.17) is 8.94 Å². The highest BCUT2D eigenvalue weighted by molar-refractivity contribution is 5.81. The van der Waals surface area contributed by atoms with E-state index in [2.05, 4.69) is 34.2 Å². The Bertz CT molecular complexity index is 651. The molecule has 1 aliphatic rings. The summed E-state index contributed by atoms with van der Waals surface area (Å²) in [5.41, 5.74) is 0. The minimum Gasteiger partial charge on any atom is -0.467 e. The van der Waals surface area contributed by atoms with Gasteiger partial charge in [0.25, 0.3) is 0 Å². The summed E-state index contributed by atoms with van der Waals surface area (Å²) in [7, 11) is 0. The summed E-state index contributed by atoms with van der Waals surface area (Å²) < 4.78 is 10.6. The van der Waals surface area contributed by atoms with Gasteiger partial charge in [-0.15, -0.1) is 0 Å². The Balaban J connectivity index is 1.54. The van der Waals surface area contributed by atoms with Crippen molar-refractivity contribution >= 4 is 5.91 Å². The number of rotatable bonds is 7. The predicted octanol–water partition coefficient (Wildman–Crippen LogP) is 2.14. The molecule has 1 amide bonds. The van der Waals surface area contributed by atoms with Crippen LogP contribution < -0.4 is 5.32 Å². The standard InChI is InChI=1S/C17H24N4O3/c1-12(2)9-15-19-16(24-20-15)11-21-7-3-6-14(21)17(22)18-10-13-5-4-8-23-13/h4-5,8,12,14H,3,6-7,9-11H2,1-2H3,(H,18,22)/t14-/m0/s1. The normalized spacial score (nSPS) is 18.4.